The standard InChI is InChI=1S/C22H27N3O4/c1-29-17-8-6-16(7-9-17)23-12-14-24(15-13-23)20(26)10-11-25-21(27)18-4-2-3-5-19(18)22(25)28/h2-3,6-9,18-19H,4-5,10-15H2,1H3/t18-,19-/m1/s1. The van der Waals surface area contributed by atoms with Gasteiger partial charge in [-0.25, -0.2) is 0 Å². The zero-order chi connectivity index (χ0) is 20.4. The van der Waals surface area contributed by atoms with Gasteiger partial charge in [0.25, 0.3) is 0 Å². The topological polar surface area (TPSA) is 70.2 Å². The van der Waals surface area contributed by atoms with Gasteiger partial charge in [-0.1, -0.05) is 12.2 Å². The number of nitrogens with zero attached hydrogens (tertiary/aromatic N) is 3. The van der Waals surface area contributed by atoms with Gasteiger partial charge < -0.3 is 14.5 Å². The van der Waals surface area contributed by atoms with Crippen LogP contribution in [0.4, 0.5) is 5.69 Å². The number of imide groups is 1. The molecule has 2 saturated heterocycles. The van der Waals surface area contributed by atoms with E-state index in [0.717, 1.165) is 24.5 Å². The SMILES string of the molecule is COc1ccc(N2CCN(C(=O)CCN3C(=O)[C@@H]4CC=CC[C@H]4C3=O)CC2)cc1. The van der Waals surface area contributed by atoms with E-state index < -0.39 is 0 Å². The Hall–Kier alpha value is -2.83. The molecule has 0 spiro atoms. The largest absolute Gasteiger partial charge is 0.497 e. The van der Waals surface area contributed by atoms with Crippen LogP contribution in [0.1, 0.15) is 19.3 Å². The van der Waals surface area contributed by atoms with Gasteiger partial charge in [0.15, 0.2) is 0 Å². The molecule has 0 aromatic heterocycles. The second-order valence-corrected chi connectivity index (χ2v) is 7.80. The van der Waals surface area contributed by atoms with Crippen LogP contribution in [0.25, 0.3) is 0 Å². The molecule has 0 saturated carbocycles. The first-order valence-electron chi connectivity index (χ1n) is 10.3. The van der Waals surface area contributed by atoms with E-state index in [9.17, 15) is 14.4 Å². The third kappa shape index (κ3) is 3.86. The summed E-state index contributed by atoms with van der Waals surface area (Å²) in [6.45, 7) is 3.00. The minimum absolute atomic E-state index is 0.00739. The lowest BCUT2D eigenvalue weighted by atomic mass is 9.85. The highest BCUT2D eigenvalue weighted by molar-refractivity contribution is 6.05. The zero-order valence-corrected chi connectivity index (χ0v) is 16.8. The van der Waals surface area contributed by atoms with Crippen LogP contribution in [-0.2, 0) is 14.4 Å². The van der Waals surface area contributed by atoms with Gasteiger partial charge in [-0.05, 0) is 37.1 Å². The fourth-order valence-electron chi connectivity index (χ4n) is 4.46. The van der Waals surface area contributed by atoms with E-state index in [-0.39, 0.29) is 42.5 Å². The number of rotatable bonds is 5. The molecule has 2 heterocycles. The molecule has 0 bridgehead atoms. The van der Waals surface area contributed by atoms with E-state index >= 15 is 0 Å². The second kappa shape index (κ2) is 8.27. The monoisotopic (exact) mass is 397 g/mol. The highest BCUT2D eigenvalue weighted by Crippen LogP contribution is 2.35. The Morgan fingerprint density at radius 1 is 0.966 bits per heavy atom. The highest BCUT2D eigenvalue weighted by Gasteiger charge is 2.47. The summed E-state index contributed by atoms with van der Waals surface area (Å²) in [5, 5.41) is 0. The molecule has 3 aliphatic rings. The van der Waals surface area contributed by atoms with Crippen molar-refractivity contribution in [3.63, 3.8) is 0 Å². The van der Waals surface area contributed by atoms with Crippen molar-refractivity contribution in [2.24, 2.45) is 11.8 Å². The first-order valence-corrected chi connectivity index (χ1v) is 10.3. The Morgan fingerprint density at radius 2 is 1.55 bits per heavy atom. The average Bonchev–Trinajstić information content (AvgIpc) is 3.02. The number of fused-ring (bicyclic) bond motifs is 1. The van der Waals surface area contributed by atoms with E-state index in [1.54, 1.807) is 7.11 Å². The number of hydrogen-bond acceptors (Lipinski definition) is 5. The third-order valence-corrected chi connectivity index (χ3v) is 6.22. The summed E-state index contributed by atoms with van der Waals surface area (Å²) in [5.41, 5.74) is 1.11. The molecule has 7 heteroatoms. The Bertz CT molecular complexity index is 786. The van der Waals surface area contributed by atoms with E-state index in [1.165, 1.54) is 4.90 Å². The molecule has 2 fully saturated rings. The molecule has 0 N–H and O–H groups in total. The number of ether oxygens (including phenoxy) is 1. The molecular formula is C22H27N3O4. The minimum Gasteiger partial charge on any atom is -0.497 e. The van der Waals surface area contributed by atoms with Crippen LogP contribution < -0.4 is 9.64 Å². The number of allylic oxidation sites excluding steroid dienone is 2. The van der Waals surface area contributed by atoms with Crippen LogP contribution >= 0.6 is 0 Å². The Balaban J connectivity index is 1.27. The summed E-state index contributed by atoms with van der Waals surface area (Å²) in [7, 11) is 1.65. The first kappa shape index (κ1) is 19.5. The predicted octanol–water partition coefficient (Wildman–Crippen LogP) is 1.69. The third-order valence-electron chi connectivity index (χ3n) is 6.22. The van der Waals surface area contributed by atoms with Crippen molar-refractivity contribution in [3.8, 4) is 5.75 Å². The molecule has 1 aliphatic carbocycles. The molecule has 0 unspecified atom stereocenters. The van der Waals surface area contributed by atoms with Crippen LogP contribution in [0.15, 0.2) is 36.4 Å². The average molecular weight is 397 g/mol. The lowest BCUT2D eigenvalue weighted by molar-refractivity contribution is -0.140. The van der Waals surface area contributed by atoms with E-state index in [0.29, 0.717) is 25.9 Å². The van der Waals surface area contributed by atoms with E-state index in [2.05, 4.69) is 4.90 Å². The van der Waals surface area contributed by atoms with Gasteiger partial charge in [-0.3, -0.25) is 19.3 Å². The number of methoxy groups -OCH3 is 1. The number of amides is 3. The summed E-state index contributed by atoms with van der Waals surface area (Å²) < 4.78 is 5.19. The minimum atomic E-state index is -0.226. The Labute approximate surface area is 170 Å². The number of carbonyl (C=O) groups excluding carboxylic acids is 3. The second-order valence-electron chi connectivity index (χ2n) is 7.80. The molecular weight excluding hydrogens is 370 g/mol. The summed E-state index contributed by atoms with van der Waals surface area (Å²) >= 11 is 0. The summed E-state index contributed by atoms with van der Waals surface area (Å²) in [6.07, 6.45) is 5.42. The number of benzene rings is 1. The van der Waals surface area contributed by atoms with Gasteiger partial charge in [-0.2, -0.15) is 0 Å². The van der Waals surface area contributed by atoms with Crippen molar-refractivity contribution in [2.75, 3.05) is 44.7 Å². The molecule has 154 valence electrons. The summed E-state index contributed by atoms with van der Waals surface area (Å²) in [6, 6.07) is 7.92. The normalized spacial score (nSPS) is 24.1. The number of anilines is 1. The van der Waals surface area contributed by atoms with Gasteiger partial charge in [0, 0.05) is 44.8 Å². The van der Waals surface area contributed by atoms with E-state index in [1.807, 2.05) is 41.3 Å². The quantitative estimate of drug-likeness (QED) is 0.559. The first-order chi connectivity index (χ1) is 14.1. The molecule has 4 rings (SSSR count). The van der Waals surface area contributed by atoms with Gasteiger partial charge in [0.2, 0.25) is 17.7 Å². The van der Waals surface area contributed by atoms with Crippen molar-refractivity contribution in [1.29, 1.82) is 0 Å². The van der Waals surface area contributed by atoms with Crippen molar-refractivity contribution in [2.45, 2.75) is 19.3 Å². The van der Waals surface area contributed by atoms with Gasteiger partial charge in [0.05, 0.1) is 18.9 Å². The van der Waals surface area contributed by atoms with Crippen molar-refractivity contribution < 1.29 is 19.1 Å². The lowest BCUT2D eigenvalue weighted by Crippen LogP contribution is -2.49. The van der Waals surface area contributed by atoms with Crippen LogP contribution in [0, 0.1) is 11.8 Å². The molecule has 3 amide bonds. The van der Waals surface area contributed by atoms with Crippen LogP contribution in [0.5, 0.6) is 5.75 Å². The predicted molar refractivity (Wildman–Crippen MR) is 108 cm³/mol. The van der Waals surface area contributed by atoms with Crippen molar-refractivity contribution in [1.82, 2.24) is 9.80 Å². The Morgan fingerprint density at radius 3 is 2.10 bits per heavy atom. The number of hydrogen-bond donors (Lipinski definition) is 0. The van der Waals surface area contributed by atoms with Crippen LogP contribution in [0.3, 0.4) is 0 Å². The summed E-state index contributed by atoms with van der Waals surface area (Å²) in [4.78, 5) is 43.1. The number of likely N-dealkylation sites (tertiary alicyclic amines) is 1. The molecule has 29 heavy (non-hydrogen) atoms. The smallest absolute Gasteiger partial charge is 0.233 e. The molecule has 2 aliphatic heterocycles. The molecule has 7 nitrogen and oxygen atoms in total. The molecule has 1 aromatic carbocycles. The number of piperazine rings is 1. The maximum atomic E-state index is 12.6. The van der Waals surface area contributed by atoms with E-state index in [4.69, 9.17) is 4.74 Å². The van der Waals surface area contributed by atoms with Gasteiger partial charge in [0.1, 0.15) is 5.75 Å². The maximum Gasteiger partial charge on any atom is 0.233 e. The van der Waals surface area contributed by atoms with Crippen LogP contribution in [0.2, 0.25) is 0 Å². The van der Waals surface area contributed by atoms with Gasteiger partial charge in [-0.15, -0.1) is 0 Å². The number of carbonyl (C=O) groups is 3. The Kier molecular flexibility index (Phi) is 5.56. The van der Waals surface area contributed by atoms with Crippen LogP contribution in [-0.4, -0.2) is 67.4 Å². The van der Waals surface area contributed by atoms with Crippen molar-refractivity contribution in [3.05, 3.63) is 36.4 Å². The zero-order valence-electron chi connectivity index (χ0n) is 16.8. The van der Waals surface area contributed by atoms with Gasteiger partial charge >= 0.3 is 0 Å². The highest BCUT2D eigenvalue weighted by atomic mass is 16.5. The fourth-order valence-corrected chi connectivity index (χ4v) is 4.46. The molecule has 2 atom stereocenters. The lowest BCUT2D eigenvalue weighted by Gasteiger charge is -2.36. The van der Waals surface area contributed by atoms with Crippen molar-refractivity contribution >= 4 is 23.4 Å². The maximum absolute atomic E-state index is 12.6. The molecule has 0 radical (unpaired) electrons. The molecule has 1 aromatic rings. The summed E-state index contributed by atoms with van der Waals surface area (Å²) in [5.74, 6) is 0.159. The fraction of sp³-hybridized carbons (Fsp3) is 0.500.